The van der Waals surface area contributed by atoms with Crippen LogP contribution in [-0.2, 0) is 14.3 Å². The van der Waals surface area contributed by atoms with Crippen LogP contribution in [0.2, 0.25) is 0 Å². The molecule has 34 heavy (non-hydrogen) atoms. The number of benzene rings is 1. The van der Waals surface area contributed by atoms with Crippen molar-refractivity contribution in [1.82, 2.24) is 0 Å². The van der Waals surface area contributed by atoms with E-state index in [0.717, 1.165) is 36.9 Å². The molecule has 1 aromatic carbocycles. The monoisotopic (exact) mass is 531 g/mol. The normalized spacial score (nSPS) is 24.9. The number of ketones is 1. The zero-order chi connectivity index (χ0) is 24.6. The van der Waals surface area contributed by atoms with Gasteiger partial charge in [-0.1, -0.05) is 20.3 Å². The first-order valence-electron chi connectivity index (χ1n) is 12.1. The van der Waals surface area contributed by atoms with Crippen LogP contribution < -0.4 is 9.47 Å². The Morgan fingerprint density at radius 2 is 1.79 bits per heavy atom. The zero-order valence-corrected chi connectivity index (χ0v) is 22.3. The first kappa shape index (κ1) is 25.0. The summed E-state index contributed by atoms with van der Waals surface area (Å²) < 4.78 is 18.0. The second kappa shape index (κ2) is 9.84. The third-order valence-corrected chi connectivity index (χ3v) is 7.80. The van der Waals surface area contributed by atoms with Crippen LogP contribution in [0.5, 0.6) is 11.5 Å². The zero-order valence-electron chi connectivity index (χ0n) is 20.7. The van der Waals surface area contributed by atoms with Crippen LogP contribution in [0.4, 0.5) is 0 Å². The summed E-state index contributed by atoms with van der Waals surface area (Å²) in [7, 11) is 3.19. The van der Waals surface area contributed by atoms with E-state index < -0.39 is 11.8 Å². The standard InChI is InChI=1S/C27H34BrNO5/c1-15-22(26(31)34-16-9-7-6-8-10-16)23(18-11-17(32-4)12-19(28)25(18)33-5)24-20(29-15)13-27(2,3)14-21(24)30/h11-12,16,22-23H,6-10,13-14H2,1-5H3/t22?,23-/m0/s1. The number of aliphatic imine (C=N–C) groups is 1. The van der Waals surface area contributed by atoms with E-state index >= 15 is 0 Å². The van der Waals surface area contributed by atoms with Gasteiger partial charge in [0.05, 0.1) is 18.7 Å². The number of allylic oxidation sites excluding steroid dienone is 2. The first-order valence-corrected chi connectivity index (χ1v) is 12.9. The lowest BCUT2D eigenvalue weighted by atomic mass is 9.66. The molecule has 3 aliphatic rings. The summed E-state index contributed by atoms with van der Waals surface area (Å²) in [5.74, 6) is -0.326. The van der Waals surface area contributed by atoms with Gasteiger partial charge < -0.3 is 14.2 Å². The summed E-state index contributed by atoms with van der Waals surface area (Å²) >= 11 is 3.59. The van der Waals surface area contributed by atoms with Gasteiger partial charge in [0.1, 0.15) is 23.5 Å². The molecule has 1 heterocycles. The number of carbonyl (C=O) groups excluding carboxylic acids is 2. The van der Waals surface area contributed by atoms with Gasteiger partial charge in [-0.05, 0) is 72.5 Å². The predicted molar refractivity (Wildman–Crippen MR) is 135 cm³/mol. The lowest BCUT2D eigenvalue weighted by Crippen LogP contribution is -2.40. The Bertz CT molecular complexity index is 1050. The van der Waals surface area contributed by atoms with E-state index in [9.17, 15) is 9.59 Å². The summed E-state index contributed by atoms with van der Waals surface area (Å²) in [6, 6.07) is 3.69. The van der Waals surface area contributed by atoms with Gasteiger partial charge in [-0.2, -0.15) is 0 Å². The maximum Gasteiger partial charge on any atom is 0.315 e. The maximum absolute atomic E-state index is 13.7. The van der Waals surface area contributed by atoms with E-state index in [0.29, 0.717) is 40.1 Å². The molecule has 1 aliphatic heterocycles. The molecule has 2 atom stereocenters. The summed E-state index contributed by atoms with van der Waals surface area (Å²) in [5, 5.41) is 0. The molecule has 1 aromatic rings. The Hall–Kier alpha value is -2.15. The number of methoxy groups -OCH3 is 2. The number of carbonyl (C=O) groups is 2. The third-order valence-electron chi connectivity index (χ3n) is 7.21. The number of rotatable bonds is 5. The van der Waals surface area contributed by atoms with Crippen molar-refractivity contribution in [2.24, 2.45) is 16.3 Å². The molecular weight excluding hydrogens is 498 g/mol. The van der Waals surface area contributed by atoms with Crippen molar-refractivity contribution >= 4 is 33.4 Å². The minimum atomic E-state index is -0.696. The van der Waals surface area contributed by atoms with Crippen molar-refractivity contribution in [2.75, 3.05) is 14.2 Å². The fourth-order valence-corrected chi connectivity index (χ4v) is 6.28. The van der Waals surface area contributed by atoms with Crippen LogP contribution in [0.1, 0.15) is 77.2 Å². The van der Waals surface area contributed by atoms with Crippen LogP contribution in [0.15, 0.2) is 32.9 Å². The molecule has 1 fully saturated rings. The second-order valence-electron chi connectivity index (χ2n) is 10.4. The number of nitrogens with zero attached hydrogens (tertiary/aromatic N) is 1. The first-order chi connectivity index (χ1) is 16.1. The Morgan fingerprint density at radius 3 is 2.44 bits per heavy atom. The van der Waals surface area contributed by atoms with Crippen LogP contribution in [0.25, 0.3) is 0 Å². The smallest absolute Gasteiger partial charge is 0.315 e. The number of hydrogen-bond donors (Lipinski definition) is 0. The van der Waals surface area contributed by atoms with E-state index in [4.69, 9.17) is 19.2 Å². The summed E-state index contributed by atoms with van der Waals surface area (Å²) in [4.78, 5) is 32.1. The van der Waals surface area contributed by atoms with E-state index in [-0.39, 0.29) is 23.3 Å². The maximum atomic E-state index is 13.7. The molecule has 4 rings (SSSR count). The van der Waals surface area contributed by atoms with Crippen LogP contribution in [-0.4, -0.2) is 37.8 Å². The van der Waals surface area contributed by atoms with E-state index in [1.54, 1.807) is 14.2 Å². The lowest BCUT2D eigenvalue weighted by Gasteiger charge is -2.39. The summed E-state index contributed by atoms with van der Waals surface area (Å²) in [6.07, 6.45) is 6.09. The van der Waals surface area contributed by atoms with E-state index in [1.165, 1.54) is 6.42 Å². The Morgan fingerprint density at radius 1 is 1.09 bits per heavy atom. The lowest BCUT2D eigenvalue weighted by molar-refractivity contribution is -0.153. The molecule has 2 aliphatic carbocycles. The molecule has 1 saturated carbocycles. The highest BCUT2D eigenvalue weighted by Crippen LogP contribution is 2.51. The van der Waals surface area contributed by atoms with Gasteiger partial charge in [0.2, 0.25) is 0 Å². The number of Topliss-reactive ketones (excluding diaryl/α,β-unsaturated/α-hetero) is 1. The SMILES string of the molecule is COc1cc(Br)c(OC)c([C@@H]2C3=C(CC(C)(C)CC3=O)N=C(C)C2C(=O)OC2CCCCC2)c1. The van der Waals surface area contributed by atoms with Gasteiger partial charge in [0.15, 0.2) is 5.78 Å². The van der Waals surface area contributed by atoms with Gasteiger partial charge in [-0.25, -0.2) is 0 Å². The predicted octanol–water partition coefficient (Wildman–Crippen LogP) is 6.16. The van der Waals surface area contributed by atoms with E-state index in [2.05, 4.69) is 29.8 Å². The van der Waals surface area contributed by atoms with Crippen molar-refractivity contribution in [3.05, 3.63) is 33.4 Å². The fourth-order valence-electron chi connectivity index (χ4n) is 5.66. The largest absolute Gasteiger partial charge is 0.497 e. The van der Waals surface area contributed by atoms with Gasteiger partial charge in [-0.15, -0.1) is 0 Å². The number of ether oxygens (including phenoxy) is 3. The van der Waals surface area contributed by atoms with Crippen molar-refractivity contribution < 1.29 is 23.8 Å². The topological polar surface area (TPSA) is 74.2 Å². The molecule has 7 heteroatoms. The molecule has 6 nitrogen and oxygen atoms in total. The number of esters is 1. The van der Waals surface area contributed by atoms with Crippen LogP contribution in [0, 0.1) is 11.3 Å². The van der Waals surface area contributed by atoms with Crippen molar-refractivity contribution in [2.45, 2.75) is 77.7 Å². The molecule has 184 valence electrons. The minimum Gasteiger partial charge on any atom is -0.497 e. The van der Waals surface area contributed by atoms with E-state index in [1.807, 2.05) is 19.1 Å². The average molecular weight is 532 g/mol. The molecule has 1 unspecified atom stereocenters. The number of halogens is 1. The van der Waals surface area contributed by atoms with Gasteiger partial charge in [-0.3, -0.25) is 14.6 Å². The molecule has 0 N–H and O–H groups in total. The van der Waals surface area contributed by atoms with Gasteiger partial charge in [0, 0.05) is 34.9 Å². The fraction of sp³-hybridized carbons (Fsp3) is 0.593. The summed E-state index contributed by atoms with van der Waals surface area (Å²) in [5.41, 5.74) is 2.60. The quantitative estimate of drug-likeness (QED) is 0.425. The Balaban J connectivity index is 1.86. The van der Waals surface area contributed by atoms with Crippen molar-refractivity contribution in [3.8, 4) is 11.5 Å². The molecule has 0 radical (unpaired) electrons. The average Bonchev–Trinajstić information content (AvgIpc) is 2.77. The Labute approximate surface area is 210 Å². The van der Waals surface area contributed by atoms with Crippen LogP contribution >= 0.6 is 15.9 Å². The molecule has 0 aromatic heterocycles. The van der Waals surface area contributed by atoms with Gasteiger partial charge >= 0.3 is 5.97 Å². The molecule has 0 spiro atoms. The highest BCUT2D eigenvalue weighted by Gasteiger charge is 2.47. The Kier molecular flexibility index (Phi) is 7.22. The molecule has 0 bridgehead atoms. The third kappa shape index (κ3) is 4.81. The molecular formula is C27H34BrNO5. The second-order valence-corrected chi connectivity index (χ2v) is 11.3. The van der Waals surface area contributed by atoms with Crippen LogP contribution in [0.3, 0.4) is 0 Å². The number of hydrogen-bond acceptors (Lipinski definition) is 6. The highest BCUT2D eigenvalue weighted by molar-refractivity contribution is 9.10. The summed E-state index contributed by atoms with van der Waals surface area (Å²) in [6.45, 7) is 6.04. The molecule has 0 saturated heterocycles. The molecule has 0 amide bonds. The van der Waals surface area contributed by atoms with Crippen molar-refractivity contribution in [3.63, 3.8) is 0 Å². The van der Waals surface area contributed by atoms with Crippen molar-refractivity contribution in [1.29, 1.82) is 0 Å². The minimum absolute atomic E-state index is 0.0314. The highest BCUT2D eigenvalue weighted by atomic mass is 79.9. The van der Waals surface area contributed by atoms with Gasteiger partial charge in [0.25, 0.3) is 0 Å².